The first-order valence-corrected chi connectivity index (χ1v) is 9.40. The molecule has 0 aliphatic carbocycles. The van der Waals surface area contributed by atoms with E-state index in [0.29, 0.717) is 10.7 Å². The monoisotopic (exact) mass is 351 g/mol. The third kappa shape index (κ3) is 3.95. The van der Waals surface area contributed by atoms with Crippen molar-refractivity contribution in [2.24, 2.45) is 0 Å². The number of hydrogen-bond acceptors (Lipinski definition) is 4. The predicted molar refractivity (Wildman–Crippen MR) is 92.6 cm³/mol. The summed E-state index contributed by atoms with van der Waals surface area (Å²) in [6, 6.07) is 9.64. The first-order chi connectivity index (χ1) is 11.0. The van der Waals surface area contributed by atoms with Crippen LogP contribution in [-0.4, -0.2) is 26.5 Å². The van der Waals surface area contributed by atoms with Crippen LogP contribution < -0.4 is 9.62 Å². The second-order valence-corrected chi connectivity index (χ2v) is 7.63. The largest absolute Gasteiger partial charge is 0.357 e. The number of piperidine rings is 1. The molecule has 5 nitrogen and oxygen atoms in total. The van der Waals surface area contributed by atoms with E-state index in [1.165, 1.54) is 31.4 Å². The Morgan fingerprint density at radius 3 is 2.30 bits per heavy atom. The Labute approximate surface area is 141 Å². The van der Waals surface area contributed by atoms with Crippen molar-refractivity contribution >= 4 is 33.1 Å². The SMILES string of the molecule is O=S(=O)(Nc1ccc(N2CCCCC2)nc1)c1ccc(Cl)cc1. The Bertz CT molecular complexity index is 755. The summed E-state index contributed by atoms with van der Waals surface area (Å²) in [6.45, 7) is 2.01. The highest BCUT2D eigenvalue weighted by Gasteiger charge is 2.15. The molecule has 122 valence electrons. The molecule has 1 fully saturated rings. The van der Waals surface area contributed by atoms with Crippen LogP contribution in [0.1, 0.15) is 19.3 Å². The van der Waals surface area contributed by atoms with Crippen molar-refractivity contribution in [3.63, 3.8) is 0 Å². The molecule has 1 aliphatic rings. The lowest BCUT2D eigenvalue weighted by Crippen LogP contribution is -2.30. The fourth-order valence-corrected chi connectivity index (χ4v) is 3.75. The van der Waals surface area contributed by atoms with Gasteiger partial charge in [0.1, 0.15) is 5.82 Å². The third-order valence-corrected chi connectivity index (χ3v) is 5.45. The van der Waals surface area contributed by atoms with Gasteiger partial charge in [-0.3, -0.25) is 4.72 Å². The van der Waals surface area contributed by atoms with Crippen molar-refractivity contribution < 1.29 is 8.42 Å². The van der Waals surface area contributed by atoms with E-state index in [1.807, 2.05) is 6.07 Å². The normalized spacial score (nSPS) is 15.4. The van der Waals surface area contributed by atoms with Gasteiger partial charge in [0, 0.05) is 18.1 Å². The summed E-state index contributed by atoms with van der Waals surface area (Å²) in [7, 11) is -3.63. The minimum Gasteiger partial charge on any atom is -0.357 e. The van der Waals surface area contributed by atoms with Crippen molar-refractivity contribution in [3.8, 4) is 0 Å². The highest BCUT2D eigenvalue weighted by molar-refractivity contribution is 7.92. The Morgan fingerprint density at radius 1 is 1.00 bits per heavy atom. The van der Waals surface area contributed by atoms with Crippen LogP contribution in [0.3, 0.4) is 0 Å². The van der Waals surface area contributed by atoms with Crippen molar-refractivity contribution in [3.05, 3.63) is 47.6 Å². The molecule has 0 atom stereocenters. The molecule has 1 saturated heterocycles. The maximum Gasteiger partial charge on any atom is 0.261 e. The van der Waals surface area contributed by atoms with Gasteiger partial charge in [-0.05, 0) is 55.7 Å². The summed E-state index contributed by atoms with van der Waals surface area (Å²) >= 11 is 5.78. The molecule has 0 unspecified atom stereocenters. The molecule has 3 rings (SSSR count). The minimum atomic E-state index is -3.63. The molecule has 23 heavy (non-hydrogen) atoms. The summed E-state index contributed by atoms with van der Waals surface area (Å²) in [6.07, 6.45) is 5.16. The van der Waals surface area contributed by atoms with Gasteiger partial charge in [0.25, 0.3) is 10.0 Å². The van der Waals surface area contributed by atoms with E-state index in [1.54, 1.807) is 24.4 Å². The van der Waals surface area contributed by atoms with Crippen LogP contribution in [0.15, 0.2) is 47.5 Å². The number of benzene rings is 1. The zero-order valence-electron chi connectivity index (χ0n) is 12.6. The average Bonchev–Trinajstić information content (AvgIpc) is 2.56. The molecule has 1 N–H and O–H groups in total. The Morgan fingerprint density at radius 2 is 1.70 bits per heavy atom. The van der Waals surface area contributed by atoms with Gasteiger partial charge in [0.15, 0.2) is 0 Å². The highest BCUT2D eigenvalue weighted by Crippen LogP contribution is 2.21. The lowest BCUT2D eigenvalue weighted by atomic mass is 10.1. The Balaban J connectivity index is 1.73. The van der Waals surface area contributed by atoms with Crippen LogP contribution in [0.4, 0.5) is 11.5 Å². The van der Waals surface area contributed by atoms with E-state index in [0.717, 1.165) is 18.9 Å². The highest BCUT2D eigenvalue weighted by atomic mass is 35.5. The zero-order valence-corrected chi connectivity index (χ0v) is 14.1. The zero-order chi connectivity index (χ0) is 16.3. The topological polar surface area (TPSA) is 62.3 Å². The lowest BCUT2D eigenvalue weighted by Gasteiger charge is -2.27. The maximum absolute atomic E-state index is 12.3. The van der Waals surface area contributed by atoms with Crippen LogP contribution in [0.25, 0.3) is 0 Å². The minimum absolute atomic E-state index is 0.169. The summed E-state index contributed by atoms with van der Waals surface area (Å²) in [5.74, 6) is 0.888. The number of aromatic nitrogens is 1. The molecule has 7 heteroatoms. The van der Waals surface area contributed by atoms with Gasteiger partial charge in [0.05, 0.1) is 16.8 Å². The van der Waals surface area contributed by atoms with Crippen molar-refractivity contribution in [1.29, 1.82) is 0 Å². The molecule has 0 amide bonds. The number of halogens is 1. The number of anilines is 2. The first kappa shape index (κ1) is 16.1. The number of nitrogens with one attached hydrogen (secondary N) is 1. The van der Waals surface area contributed by atoms with Crippen LogP contribution in [0.5, 0.6) is 0 Å². The smallest absolute Gasteiger partial charge is 0.261 e. The second-order valence-electron chi connectivity index (χ2n) is 5.51. The van der Waals surface area contributed by atoms with E-state index in [4.69, 9.17) is 11.6 Å². The summed E-state index contributed by atoms with van der Waals surface area (Å²) in [4.78, 5) is 6.76. The van der Waals surface area contributed by atoms with Crippen LogP contribution in [0.2, 0.25) is 5.02 Å². The summed E-state index contributed by atoms with van der Waals surface area (Å²) in [5, 5.41) is 0.497. The fourth-order valence-electron chi connectivity index (χ4n) is 2.58. The van der Waals surface area contributed by atoms with Crippen LogP contribution in [-0.2, 0) is 10.0 Å². The number of sulfonamides is 1. The summed E-state index contributed by atoms with van der Waals surface area (Å²) in [5.41, 5.74) is 0.445. The molecule has 0 radical (unpaired) electrons. The predicted octanol–water partition coefficient (Wildman–Crippen LogP) is 3.53. The maximum atomic E-state index is 12.3. The Hall–Kier alpha value is -1.79. The van der Waals surface area contributed by atoms with Gasteiger partial charge in [0.2, 0.25) is 0 Å². The van der Waals surface area contributed by atoms with Gasteiger partial charge in [-0.2, -0.15) is 0 Å². The molecule has 1 aliphatic heterocycles. The van der Waals surface area contributed by atoms with Gasteiger partial charge in [-0.1, -0.05) is 11.6 Å². The molecular formula is C16H18ClN3O2S. The van der Waals surface area contributed by atoms with E-state index >= 15 is 0 Å². The molecule has 2 aromatic rings. The van der Waals surface area contributed by atoms with Gasteiger partial charge < -0.3 is 4.90 Å². The average molecular weight is 352 g/mol. The number of nitrogens with zero attached hydrogens (tertiary/aromatic N) is 2. The number of hydrogen-bond donors (Lipinski definition) is 1. The number of pyridine rings is 1. The molecular weight excluding hydrogens is 334 g/mol. The molecule has 0 saturated carbocycles. The lowest BCUT2D eigenvalue weighted by molar-refractivity contribution is 0.573. The fraction of sp³-hybridized carbons (Fsp3) is 0.312. The van der Waals surface area contributed by atoms with Gasteiger partial charge in [-0.25, -0.2) is 13.4 Å². The third-order valence-electron chi connectivity index (χ3n) is 3.80. The van der Waals surface area contributed by atoms with E-state index in [9.17, 15) is 8.42 Å². The van der Waals surface area contributed by atoms with E-state index < -0.39 is 10.0 Å². The molecule has 0 spiro atoms. The van der Waals surface area contributed by atoms with Gasteiger partial charge >= 0.3 is 0 Å². The van der Waals surface area contributed by atoms with E-state index in [-0.39, 0.29) is 4.90 Å². The first-order valence-electron chi connectivity index (χ1n) is 7.54. The molecule has 1 aromatic heterocycles. The Kier molecular flexibility index (Phi) is 4.73. The summed E-state index contributed by atoms with van der Waals surface area (Å²) < 4.78 is 27.1. The van der Waals surface area contributed by atoms with Crippen LogP contribution in [0, 0.1) is 0 Å². The number of rotatable bonds is 4. The molecule has 1 aromatic carbocycles. The standard InChI is InChI=1S/C16H18ClN3O2S/c17-13-4-7-15(8-5-13)23(21,22)19-14-6-9-16(18-12-14)20-10-2-1-3-11-20/h4-9,12,19H,1-3,10-11H2. The quantitative estimate of drug-likeness (QED) is 0.915. The van der Waals surface area contributed by atoms with Crippen molar-refractivity contribution in [2.45, 2.75) is 24.2 Å². The van der Waals surface area contributed by atoms with Crippen LogP contribution >= 0.6 is 11.6 Å². The molecule has 0 bridgehead atoms. The van der Waals surface area contributed by atoms with E-state index in [2.05, 4.69) is 14.6 Å². The van der Waals surface area contributed by atoms with Gasteiger partial charge in [-0.15, -0.1) is 0 Å². The van der Waals surface area contributed by atoms with Crippen molar-refractivity contribution in [1.82, 2.24) is 4.98 Å². The van der Waals surface area contributed by atoms with Crippen molar-refractivity contribution in [2.75, 3.05) is 22.7 Å². The molecule has 2 heterocycles. The second kappa shape index (κ2) is 6.76.